The Balaban J connectivity index is 3.02. The maximum absolute atomic E-state index is 10.1. The highest BCUT2D eigenvalue weighted by molar-refractivity contribution is 5.63. The molecular formula is C6H2N3O3. The SMILES string of the molecule is O=C=C1[N]C(=C=O)NC(=C=O)N1. The molecule has 1 saturated heterocycles. The maximum Gasteiger partial charge on any atom is 0.221 e. The number of nitrogens with one attached hydrogen (secondary N) is 2. The molecule has 1 fully saturated rings. The highest BCUT2D eigenvalue weighted by atomic mass is 16.1. The Bertz CT molecular complexity index is 285. The fraction of sp³-hybridized carbons (Fsp3) is 0. The molecule has 1 heterocycles. The van der Waals surface area contributed by atoms with E-state index in [0.29, 0.717) is 0 Å². The van der Waals surface area contributed by atoms with E-state index in [1.165, 1.54) is 17.8 Å². The molecule has 6 nitrogen and oxygen atoms in total. The largest absolute Gasteiger partial charge is 0.308 e. The number of hydrogen-bond acceptors (Lipinski definition) is 5. The first-order chi connectivity index (χ1) is 5.80. The normalized spacial score (nSPS) is 14.5. The second kappa shape index (κ2) is 3.23. The van der Waals surface area contributed by atoms with Gasteiger partial charge in [0.1, 0.15) is 0 Å². The van der Waals surface area contributed by atoms with Gasteiger partial charge in [0, 0.05) is 0 Å². The van der Waals surface area contributed by atoms with Gasteiger partial charge >= 0.3 is 0 Å². The fourth-order valence-corrected chi connectivity index (χ4v) is 0.583. The molecule has 6 heteroatoms. The summed E-state index contributed by atoms with van der Waals surface area (Å²) in [6.07, 6.45) is 0. The Morgan fingerprint density at radius 1 is 0.917 bits per heavy atom. The van der Waals surface area contributed by atoms with Crippen LogP contribution in [0.2, 0.25) is 0 Å². The van der Waals surface area contributed by atoms with Crippen LogP contribution < -0.4 is 16.0 Å². The molecule has 0 aromatic carbocycles. The van der Waals surface area contributed by atoms with Gasteiger partial charge in [-0.25, -0.2) is 14.4 Å². The predicted octanol–water partition coefficient (Wildman–Crippen LogP) is -2.20. The first-order valence-electron chi connectivity index (χ1n) is 2.81. The molecule has 2 N–H and O–H groups in total. The van der Waals surface area contributed by atoms with Gasteiger partial charge in [-0.05, 0) is 0 Å². The first kappa shape index (κ1) is 7.85. The fourth-order valence-electron chi connectivity index (χ4n) is 0.583. The van der Waals surface area contributed by atoms with Crippen molar-refractivity contribution in [3.8, 4) is 0 Å². The van der Waals surface area contributed by atoms with Gasteiger partial charge in [0.25, 0.3) is 0 Å². The highest BCUT2D eigenvalue weighted by Crippen LogP contribution is 1.96. The molecule has 0 amide bonds. The lowest BCUT2D eigenvalue weighted by Gasteiger charge is -2.15. The van der Waals surface area contributed by atoms with Crippen LogP contribution in [0.15, 0.2) is 17.5 Å². The van der Waals surface area contributed by atoms with Crippen molar-refractivity contribution in [3.63, 3.8) is 0 Å². The zero-order valence-corrected chi connectivity index (χ0v) is 5.67. The van der Waals surface area contributed by atoms with E-state index in [0.717, 1.165) is 0 Å². The highest BCUT2D eigenvalue weighted by Gasteiger charge is 2.16. The summed E-state index contributed by atoms with van der Waals surface area (Å²) in [6.45, 7) is 0. The van der Waals surface area contributed by atoms with Crippen LogP contribution in [0.1, 0.15) is 0 Å². The lowest BCUT2D eigenvalue weighted by atomic mass is 10.5. The summed E-state index contributed by atoms with van der Waals surface area (Å²) >= 11 is 0. The summed E-state index contributed by atoms with van der Waals surface area (Å²) in [6, 6.07) is 0. The smallest absolute Gasteiger partial charge is 0.221 e. The van der Waals surface area contributed by atoms with Crippen LogP contribution in [0.3, 0.4) is 0 Å². The molecule has 0 aromatic heterocycles. The Morgan fingerprint density at radius 2 is 1.42 bits per heavy atom. The Morgan fingerprint density at radius 3 is 1.75 bits per heavy atom. The molecule has 0 atom stereocenters. The summed E-state index contributed by atoms with van der Waals surface area (Å²) in [5, 5.41) is 7.83. The number of carbonyl (C=O) groups excluding carboxylic acids is 3. The number of nitrogens with zero attached hydrogens (tertiary/aromatic N) is 1. The summed E-state index contributed by atoms with van der Waals surface area (Å²) in [5.74, 6) is 3.50. The van der Waals surface area contributed by atoms with E-state index < -0.39 is 0 Å². The molecule has 1 radical (unpaired) electrons. The van der Waals surface area contributed by atoms with Crippen molar-refractivity contribution in [1.29, 1.82) is 0 Å². The Kier molecular flexibility index (Phi) is 2.12. The van der Waals surface area contributed by atoms with Crippen LogP contribution in [0.5, 0.6) is 0 Å². The molecule has 1 rings (SSSR count). The number of hydrogen-bond donors (Lipinski definition) is 2. The van der Waals surface area contributed by atoms with E-state index in [4.69, 9.17) is 0 Å². The third-order valence-electron chi connectivity index (χ3n) is 1.01. The van der Waals surface area contributed by atoms with E-state index in [2.05, 4.69) is 16.0 Å². The van der Waals surface area contributed by atoms with Crippen molar-refractivity contribution in [2.45, 2.75) is 0 Å². The van der Waals surface area contributed by atoms with Gasteiger partial charge in [-0.1, -0.05) is 0 Å². The quantitative estimate of drug-likeness (QED) is 0.397. The lowest BCUT2D eigenvalue weighted by Crippen LogP contribution is -2.39. The van der Waals surface area contributed by atoms with Crippen LogP contribution in [0.25, 0.3) is 0 Å². The molecule has 59 valence electrons. The van der Waals surface area contributed by atoms with E-state index in [1.54, 1.807) is 0 Å². The van der Waals surface area contributed by atoms with Gasteiger partial charge in [0.15, 0.2) is 23.6 Å². The number of rotatable bonds is 0. The van der Waals surface area contributed by atoms with E-state index in [-0.39, 0.29) is 17.5 Å². The van der Waals surface area contributed by atoms with Crippen molar-refractivity contribution in [2.24, 2.45) is 0 Å². The third-order valence-corrected chi connectivity index (χ3v) is 1.01. The Labute approximate surface area is 66.6 Å². The summed E-state index contributed by atoms with van der Waals surface area (Å²) in [5.41, 5.74) is 0. The molecule has 0 spiro atoms. The second-order valence-electron chi connectivity index (χ2n) is 1.74. The summed E-state index contributed by atoms with van der Waals surface area (Å²) in [7, 11) is 0. The molecule has 12 heavy (non-hydrogen) atoms. The maximum atomic E-state index is 10.1. The van der Waals surface area contributed by atoms with Gasteiger partial charge in [-0.2, -0.15) is 5.32 Å². The minimum Gasteiger partial charge on any atom is -0.308 e. The monoisotopic (exact) mass is 164 g/mol. The Hall–Kier alpha value is -2.25. The minimum atomic E-state index is -0.259. The molecular weight excluding hydrogens is 162 g/mol. The topological polar surface area (TPSA) is 89.4 Å². The third kappa shape index (κ3) is 1.42. The van der Waals surface area contributed by atoms with Crippen LogP contribution in [0.4, 0.5) is 0 Å². The van der Waals surface area contributed by atoms with Crippen LogP contribution in [0, 0.1) is 0 Å². The van der Waals surface area contributed by atoms with E-state index in [9.17, 15) is 14.4 Å². The average Bonchev–Trinajstić information content (AvgIpc) is 2.16. The summed E-state index contributed by atoms with van der Waals surface area (Å²) in [4.78, 5) is 30.2. The van der Waals surface area contributed by atoms with Crippen LogP contribution >= 0.6 is 0 Å². The standard InChI is InChI=1S/C6H2N3O3/c10-1-4-7-5(2-11)9-6(3-12)8-4/h7-8H. The second-order valence-corrected chi connectivity index (χ2v) is 1.74. The van der Waals surface area contributed by atoms with Gasteiger partial charge < -0.3 is 10.6 Å². The minimum absolute atomic E-state index is 0.165. The van der Waals surface area contributed by atoms with Crippen molar-refractivity contribution in [2.75, 3.05) is 0 Å². The lowest BCUT2D eigenvalue weighted by molar-refractivity contribution is 0.543. The van der Waals surface area contributed by atoms with Crippen LogP contribution in [-0.4, -0.2) is 17.8 Å². The van der Waals surface area contributed by atoms with E-state index >= 15 is 0 Å². The molecule has 0 unspecified atom stereocenters. The molecule has 1 aliphatic heterocycles. The zero-order chi connectivity index (χ0) is 8.97. The van der Waals surface area contributed by atoms with Crippen molar-refractivity contribution >= 4 is 17.8 Å². The van der Waals surface area contributed by atoms with Gasteiger partial charge in [0.05, 0.1) is 0 Å². The van der Waals surface area contributed by atoms with Crippen LogP contribution in [-0.2, 0) is 14.4 Å². The van der Waals surface area contributed by atoms with Gasteiger partial charge in [-0.3, -0.25) is 0 Å². The molecule has 0 bridgehead atoms. The average molecular weight is 164 g/mol. The molecule has 0 aliphatic carbocycles. The summed E-state index contributed by atoms with van der Waals surface area (Å²) < 4.78 is 0. The molecule has 0 aromatic rings. The van der Waals surface area contributed by atoms with Crippen molar-refractivity contribution < 1.29 is 14.4 Å². The first-order valence-corrected chi connectivity index (χ1v) is 2.81. The van der Waals surface area contributed by atoms with Gasteiger partial charge in [0.2, 0.25) is 11.6 Å². The van der Waals surface area contributed by atoms with E-state index in [1.807, 2.05) is 0 Å². The van der Waals surface area contributed by atoms with Gasteiger partial charge in [-0.15, -0.1) is 0 Å². The predicted molar refractivity (Wildman–Crippen MR) is 36.0 cm³/mol. The zero-order valence-electron chi connectivity index (χ0n) is 5.67. The molecule has 0 saturated carbocycles. The molecule has 1 aliphatic rings. The van der Waals surface area contributed by atoms with Crippen molar-refractivity contribution in [1.82, 2.24) is 16.0 Å². The van der Waals surface area contributed by atoms with Crippen molar-refractivity contribution in [3.05, 3.63) is 17.5 Å².